The highest BCUT2D eigenvalue weighted by Gasteiger charge is 2.14. The van der Waals surface area contributed by atoms with E-state index < -0.39 is 4.92 Å². The molecule has 2 rings (SSSR count). The summed E-state index contributed by atoms with van der Waals surface area (Å²) >= 11 is 3.31. The van der Waals surface area contributed by atoms with Crippen molar-refractivity contribution in [3.63, 3.8) is 0 Å². The minimum Gasteiger partial charge on any atom is -0.488 e. The molecule has 0 aromatic heterocycles. The summed E-state index contributed by atoms with van der Waals surface area (Å²) in [6.45, 7) is 1.47. The second-order valence-electron chi connectivity index (χ2n) is 4.37. The fourth-order valence-electron chi connectivity index (χ4n) is 1.87. The molecule has 0 amide bonds. The molecule has 0 saturated carbocycles. The second kappa shape index (κ2) is 6.49. The molecular weight excluding hydrogens is 338 g/mol. The third kappa shape index (κ3) is 3.66. The molecule has 2 aromatic rings. The van der Waals surface area contributed by atoms with Gasteiger partial charge in [-0.1, -0.05) is 28.1 Å². The van der Waals surface area contributed by atoms with Crippen LogP contribution in [0.5, 0.6) is 5.75 Å². The van der Waals surface area contributed by atoms with E-state index in [-0.39, 0.29) is 18.1 Å². The van der Waals surface area contributed by atoms with Crippen LogP contribution in [0.2, 0.25) is 0 Å². The highest BCUT2D eigenvalue weighted by atomic mass is 79.9. The van der Waals surface area contributed by atoms with E-state index in [1.165, 1.54) is 13.0 Å². The highest BCUT2D eigenvalue weighted by Crippen LogP contribution is 2.26. The summed E-state index contributed by atoms with van der Waals surface area (Å²) in [5.41, 5.74) is 0.894. The molecule has 5 nitrogen and oxygen atoms in total. The Morgan fingerprint density at radius 3 is 2.67 bits per heavy atom. The van der Waals surface area contributed by atoms with Crippen LogP contribution in [0.15, 0.2) is 46.9 Å². The highest BCUT2D eigenvalue weighted by molar-refractivity contribution is 9.10. The largest absolute Gasteiger partial charge is 0.488 e. The van der Waals surface area contributed by atoms with Gasteiger partial charge in [0, 0.05) is 10.5 Å². The van der Waals surface area contributed by atoms with Crippen LogP contribution in [0.4, 0.5) is 5.69 Å². The number of carbonyl (C=O) groups excluding carboxylic acids is 1. The molecule has 0 radical (unpaired) electrons. The average Bonchev–Trinajstić information content (AvgIpc) is 2.45. The van der Waals surface area contributed by atoms with Crippen molar-refractivity contribution < 1.29 is 14.5 Å². The zero-order valence-electron chi connectivity index (χ0n) is 11.2. The van der Waals surface area contributed by atoms with Gasteiger partial charge in [-0.25, -0.2) is 0 Å². The van der Waals surface area contributed by atoms with E-state index in [0.29, 0.717) is 16.9 Å². The van der Waals surface area contributed by atoms with E-state index in [1.807, 2.05) is 0 Å². The van der Waals surface area contributed by atoms with Gasteiger partial charge in [0.15, 0.2) is 5.78 Å². The van der Waals surface area contributed by atoms with Crippen molar-refractivity contribution in [1.82, 2.24) is 0 Å². The number of Topliss-reactive ketones (excluding diaryl/α,β-unsaturated/α-hetero) is 1. The minimum atomic E-state index is -0.453. The lowest BCUT2D eigenvalue weighted by atomic mass is 10.1. The molecule has 0 N–H and O–H groups in total. The Bertz CT molecular complexity index is 700. The summed E-state index contributed by atoms with van der Waals surface area (Å²) < 4.78 is 6.37. The molecule has 0 heterocycles. The third-order valence-electron chi connectivity index (χ3n) is 2.89. The number of nitro groups is 1. The van der Waals surface area contributed by atoms with Crippen molar-refractivity contribution in [1.29, 1.82) is 0 Å². The Morgan fingerprint density at radius 1 is 1.29 bits per heavy atom. The van der Waals surface area contributed by atoms with Gasteiger partial charge in [-0.2, -0.15) is 0 Å². The number of carbonyl (C=O) groups is 1. The number of halogens is 1. The first-order valence-corrected chi connectivity index (χ1v) is 6.94. The molecule has 0 bridgehead atoms. The Kier molecular flexibility index (Phi) is 4.70. The van der Waals surface area contributed by atoms with Crippen molar-refractivity contribution in [3.8, 4) is 5.75 Å². The zero-order valence-corrected chi connectivity index (χ0v) is 12.8. The van der Waals surface area contributed by atoms with E-state index in [2.05, 4.69) is 15.9 Å². The maximum absolute atomic E-state index is 11.6. The van der Waals surface area contributed by atoms with Crippen molar-refractivity contribution in [2.24, 2.45) is 0 Å². The van der Waals surface area contributed by atoms with E-state index >= 15 is 0 Å². The number of ether oxygens (including phenoxy) is 1. The molecule has 0 unspecified atom stereocenters. The molecule has 0 aliphatic carbocycles. The molecule has 21 heavy (non-hydrogen) atoms. The third-order valence-corrected chi connectivity index (χ3v) is 3.39. The number of nitrogens with zero attached hydrogens (tertiary/aromatic N) is 1. The fraction of sp³-hybridized carbons (Fsp3) is 0.133. The number of hydrogen-bond acceptors (Lipinski definition) is 4. The first-order chi connectivity index (χ1) is 9.99. The topological polar surface area (TPSA) is 69.4 Å². The lowest BCUT2D eigenvalue weighted by molar-refractivity contribution is -0.385. The SMILES string of the molecule is CC(=O)c1ccc(Br)cc1OCc1ccccc1[N+](=O)[O-]. The smallest absolute Gasteiger partial charge is 0.276 e. The van der Waals surface area contributed by atoms with Gasteiger partial charge < -0.3 is 4.74 Å². The number of ketones is 1. The predicted octanol–water partition coefficient (Wildman–Crippen LogP) is 4.14. The van der Waals surface area contributed by atoms with Crippen molar-refractivity contribution >= 4 is 27.4 Å². The lowest BCUT2D eigenvalue weighted by Gasteiger charge is -2.10. The van der Waals surface area contributed by atoms with Crippen molar-refractivity contribution in [3.05, 3.63) is 68.2 Å². The summed E-state index contributed by atoms with van der Waals surface area (Å²) in [5, 5.41) is 11.0. The predicted molar refractivity (Wildman–Crippen MR) is 81.6 cm³/mol. The maximum atomic E-state index is 11.6. The van der Waals surface area contributed by atoms with Gasteiger partial charge in [-0.3, -0.25) is 14.9 Å². The van der Waals surface area contributed by atoms with E-state index in [1.54, 1.807) is 36.4 Å². The van der Waals surface area contributed by atoms with Gasteiger partial charge in [0.05, 0.1) is 16.1 Å². The molecule has 2 aromatic carbocycles. The minimum absolute atomic E-state index is 0.00290. The molecule has 0 spiro atoms. The first-order valence-electron chi connectivity index (χ1n) is 6.14. The second-order valence-corrected chi connectivity index (χ2v) is 5.29. The molecule has 6 heteroatoms. The summed E-state index contributed by atoms with van der Waals surface area (Å²) in [7, 11) is 0. The summed E-state index contributed by atoms with van der Waals surface area (Å²) in [5.74, 6) is 0.273. The van der Waals surface area contributed by atoms with Crippen LogP contribution in [0.3, 0.4) is 0 Å². The normalized spacial score (nSPS) is 10.2. The molecule has 0 aliphatic rings. The molecule has 0 saturated heterocycles. The van der Waals surface area contributed by atoms with Crippen LogP contribution in [-0.4, -0.2) is 10.7 Å². The van der Waals surface area contributed by atoms with Gasteiger partial charge in [0.25, 0.3) is 5.69 Å². The molecule has 0 fully saturated rings. The van der Waals surface area contributed by atoms with Crippen LogP contribution in [-0.2, 0) is 6.61 Å². The van der Waals surface area contributed by atoms with Crippen LogP contribution < -0.4 is 4.74 Å². The van der Waals surface area contributed by atoms with Gasteiger partial charge in [0.2, 0.25) is 0 Å². The van der Waals surface area contributed by atoms with Gasteiger partial charge in [0.1, 0.15) is 12.4 Å². The maximum Gasteiger partial charge on any atom is 0.276 e. The number of nitro benzene ring substituents is 1. The van der Waals surface area contributed by atoms with Crippen molar-refractivity contribution in [2.75, 3.05) is 0 Å². The first kappa shape index (κ1) is 15.2. The van der Waals surface area contributed by atoms with Crippen LogP contribution >= 0.6 is 15.9 Å². The quantitative estimate of drug-likeness (QED) is 0.462. The van der Waals surface area contributed by atoms with E-state index in [9.17, 15) is 14.9 Å². The summed E-state index contributed by atoms with van der Waals surface area (Å²) in [6, 6.07) is 11.4. The number of para-hydroxylation sites is 1. The van der Waals surface area contributed by atoms with Crippen LogP contribution in [0, 0.1) is 10.1 Å². The van der Waals surface area contributed by atoms with Crippen LogP contribution in [0.1, 0.15) is 22.8 Å². The molecule has 108 valence electrons. The van der Waals surface area contributed by atoms with Crippen LogP contribution in [0.25, 0.3) is 0 Å². The Balaban J connectivity index is 2.27. The molecule has 0 atom stereocenters. The average molecular weight is 350 g/mol. The molecular formula is C15H12BrNO4. The number of benzene rings is 2. The Labute approximate surface area is 129 Å². The lowest BCUT2D eigenvalue weighted by Crippen LogP contribution is -2.03. The standard InChI is InChI=1S/C15H12BrNO4/c1-10(18)13-7-6-12(16)8-15(13)21-9-11-4-2-3-5-14(11)17(19)20/h2-8H,9H2,1H3. The van der Waals surface area contributed by atoms with Gasteiger partial charge in [-0.05, 0) is 31.2 Å². The number of hydrogen-bond donors (Lipinski definition) is 0. The summed E-state index contributed by atoms with van der Waals surface area (Å²) in [4.78, 5) is 22.1. The monoisotopic (exact) mass is 349 g/mol. The number of rotatable bonds is 5. The Morgan fingerprint density at radius 2 is 2.00 bits per heavy atom. The van der Waals surface area contributed by atoms with Gasteiger partial charge >= 0.3 is 0 Å². The van der Waals surface area contributed by atoms with Crippen molar-refractivity contribution in [2.45, 2.75) is 13.5 Å². The van der Waals surface area contributed by atoms with E-state index in [0.717, 1.165) is 4.47 Å². The Hall–Kier alpha value is -2.21. The fourth-order valence-corrected chi connectivity index (χ4v) is 2.21. The molecule has 0 aliphatic heterocycles. The van der Waals surface area contributed by atoms with Gasteiger partial charge in [-0.15, -0.1) is 0 Å². The zero-order chi connectivity index (χ0) is 15.4. The van der Waals surface area contributed by atoms with E-state index in [4.69, 9.17) is 4.74 Å². The summed E-state index contributed by atoms with van der Waals surface area (Å²) in [6.07, 6.45) is 0.